The molecule has 1 fully saturated rings. The number of aliphatic carboxylic acids is 1. The van der Waals surface area contributed by atoms with Crippen LogP contribution in [0.2, 0.25) is 0 Å². The summed E-state index contributed by atoms with van der Waals surface area (Å²) in [4.78, 5) is 12.9. The van der Waals surface area contributed by atoms with Gasteiger partial charge in [-0.15, -0.1) is 11.3 Å². The van der Waals surface area contributed by atoms with Gasteiger partial charge in [0.25, 0.3) is 0 Å². The summed E-state index contributed by atoms with van der Waals surface area (Å²) in [6.45, 7) is 4.49. The third kappa shape index (κ3) is 3.21. The van der Waals surface area contributed by atoms with Gasteiger partial charge < -0.3 is 5.11 Å². The monoisotopic (exact) mass is 317 g/mol. The fourth-order valence-corrected chi connectivity index (χ4v) is 5.74. The van der Waals surface area contributed by atoms with Crippen molar-refractivity contribution < 1.29 is 18.3 Å². The zero-order valence-electron chi connectivity index (χ0n) is 11.6. The Morgan fingerprint density at radius 2 is 2.20 bits per heavy atom. The normalized spacial score (nSPS) is 21.0. The lowest BCUT2D eigenvalue weighted by Gasteiger charge is -2.31. The van der Waals surface area contributed by atoms with E-state index in [1.54, 1.807) is 6.07 Å². The van der Waals surface area contributed by atoms with Crippen LogP contribution in [-0.4, -0.2) is 36.9 Å². The van der Waals surface area contributed by atoms with Crippen LogP contribution in [0.15, 0.2) is 11.0 Å². The number of aryl methyl sites for hydroxylation is 2. The van der Waals surface area contributed by atoms with E-state index >= 15 is 0 Å². The number of hydrogen-bond acceptors (Lipinski definition) is 4. The second-order valence-corrected chi connectivity index (χ2v) is 8.61. The van der Waals surface area contributed by atoms with Gasteiger partial charge in [0.1, 0.15) is 0 Å². The maximum atomic E-state index is 12.6. The molecule has 0 bridgehead atoms. The zero-order chi connectivity index (χ0) is 14.9. The smallest absolute Gasteiger partial charge is 0.303 e. The van der Waals surface area contributed by atoms with Crippen LogP contribution >= 0.6 is 11.3 Å². The van der Waals surface area contributed by atoms with Crippen LogP contribution in [0.25, 0.3) is 0 Å². The number of hydrogen-bond donors (Lipinski definition) is 1. The molecule has 5 nitrogen and oxygen atoms in total. The van der Waals surface area contributed by atoms with Crippen molar-refractivity contribution in [2.45, 2.75) is 38.0 Å². The molecular weight excluding hydrogens is 298 g/mol. The lowest BCUT2D eigenvalue weighted by molar-refractivity contribution is -0.138. The molecule has 1 saturated heterocycles. The summed E-state index contributed by atoms with van der Waals surface area (Å²) in [6, 6.07) is 1.70. The molecule has 1 atom stereocenters. The molecule has 1 aromatic heterocycles. The van der Waals surface area contributed by atoms with E-state index in [0.717, 1.165) is 22.6 Å². The molecule has 7 heteroatoms. The van der Waals surface area contributed by atoms with E-state index in [0.29, 0.717) is 18.0 Å². The van der Waals surface area contributed by atoms with E-state index in [9.17, 15) is 13.2 Å². The Kier molecular flexibility index (Phi) is 4.51. The Morgan fingerprint density at radius 1 is 1.50 bits per heavy atom. The summed E-state index contributed by atoms with van der Waals surface area (Å²) >= 11 is 1.47. The number of carboxylic acids is 1. The summed E-state index contributed by atoms with van der Waals surface area (Å²) in [6.07, 6.45) is 1.53. The predicted molar refractivity (Wildman–Crippen MR) is 77.5 cm³/mol. The predicted octanol–water partition coefficient (Wildman–Crippen LogP) is 2.24. The maximum Gasteiger partial charge on any atom is 0.303 e. The van der Waals surface area contributed by atoms with Crippen molar-refractivity contribution in [1.29, 1.82) is 0 Å². The molecule has 0 aliphatic carbocycles. The van der Waals surface area contributed by atoms with E-state index < -0.39 is 16.0 Å². The topological polar surface area (TPSA) is 74.7 Å². The van der Waals surface area contributed by atoms with Gasteiger partial charge in [-0.25, -0.2) is 8.42 Å². The van der Waals surface area contributed by atoms with Crippen molar-refractivity contribution in [3.05, 3.63) is 15.8 Å². The van der Waals surface area contributed by atoms with Gasteiger partial charge in [-0.05, 0) is 38.7 Å². The number of carbonyl (C=O) groups is 1. The molecule has 1 aliphatic heterocycles. The van der Waals surface area contributed by atoms with E-state index in [4.69, 9.17) is 5.11 Å². The first-order valence-electron chi connectivity index (χ1n) is 6.59. The Hall–Kier alpha value is -0.920. The highest BCUT2D eigenvalue weighted by atomic mass is 32.2. The van der Waals surface area contributed by atoms with E-state index in [-0.39, 0.29) is 12.3 Å². The van der Waals surface area contributed by atoms with E-state index in [2.05, 4.69) is 0 Å². The van der Waals surface area contributed by atoms with Crippen LogP contribution in [0.1, 0.15) is 29.0 Å². The van der Waals surface area contributed by atoms with E-state index in [1.807, 2.05) is 13.8 Å². The molecule has 0 amide bonds. The molecule has 0 spiro atoms. The molecule has 0 saturated carbocycles. The van der Waals surface area contributed by atoms with Crippen molar-refractivity contribution in [1.82, 2.24) is 4.31 Å². The average molecular weight is 317 g/mol. The van der Waals surface area contributed by atoms with Crippen molar-refractivity contribution >= 4 is 27.3 Å². The van der Waals surface area contributed by atoms with Gasteiger partial charge >= 0.3 is 5.97 Å². The van der Waals surface area contributed by atoms with Gasteiger partial charge in [0.05, 0.1) is 4.90 Å². The Morgan fingerprint density at radius 3 is 2.75 bits per heavy atom. The lowest BCUT2D eigenvalue weighted by atomic mass is 9.96. The molecule has 112 valence electrons. The summed E-state index contributed by atoms with van der Waals surface area (Å²) in [7, 11) is -3.49. The van der Waals surface area contributed by atoms with Crippen LogP contribution in [-0.2, 0) is 14.8 Å². The Balaban J connectivity index is 2.21. The molecule has 2 rings (SSSR count). The first-order valence-corrected chi connectivity index (χ1v) is 8.85. The van der Waals surface area contributed by atoms with Crippen LogP contribution in [0.4, 0.5) is 0 Å². The fourth-order valence-electron chi connectivity index (χ4n) is 2.66. The van der Waals surface area contributed by atoms with Crippen molar-refractivity contribution in [3.8, 4) is 0 Å². The molecule has 1 N–H and O–H groups in total. The zero-order valence-corrected chi connectivity index (χ0v) is 13.3. The minimum absolute atomic E-state index is 0.0354. The molecule has 20 heavy (non-hydrogen) atoms. The number of sulfonamides is 1. The number of carboxylic acid groups (broad SMARTS) is 1. The highest BCUT2D eigenvalue weighted by Gasteiger charge is 2.32. The summed E-state index contributed by atoms with van der Waals surface area (Å²) in [5, 5.41) is 8.85. The Labute approximate surface area is 123 Å². The standard InChI is InChI=1S/C13H19NO4S2/c1-9-6-12(10(2)19-9)20(17,18)14-5-3-4-11(8-14)7-13(15)16/h6,11H,3-5,7-8H2,1-2H3,(H,15,16). The van der Waals surface area contributed by atoms with Crippen molar-refractivity contribution in [2.75, 3.05) is 13.1 Å². The molecule has 1 aliphatic rings. The summed E-state index contributed by atoms with van der Waals surface area (Å²) in [5.74, 6) is -0.951. The van der Waals surface area contributed by atoms with Gasteiger partial charge in [-0.3, -0.25) is 4.79 Å². The summed E-state index contributed by atoms with van der Waals surface area (Å²) in [5.41, 5.74) is 0. The third-order valence-corrected chi connectivity index (χ3v) is 6.64. The minimum Gasteiger partial charge on any atom is -0.481 e. The van der Waals surface area contributed by atoms with E-state index in [1.165, 1.54) is 15.6 Å². The van der Waals surface area contributed by atoms with Gasteiger partial charge in [-0.2, -0.15) is 4.31 Å². The molecule has 0 radical (unpaired) electrons. The molecule has 0 aromatic carbocycles. The number of thiophene rings is 1. The van der Waals surface area contributed by atoms with Crippen LogP contribution in [0.5, 0.6) is 0 Å². The highest BCUT2D eigenvalue weighted by molar-refractivity contribution is 7.89. The van der Waals surface area contributed by atoms with Crippen LogP contribution < -0.4 is 0 Å². The van der Waals surface area contributed by atoms with Crippen molar-refractivity contribution in [3.63, 3.8) is 0 Å². The van der Waals surface area contributed by atoms with Gasteiger partial charge in [0.15, 0.2) is 0 Å². The SMILES string of the molecule is Cc1cc(S(=O)(=O)N2CCCC(CC(=O)O)C2)c(C)s1. The second kappa shape index (κ2) is 5.83. The molecular formula is C13H19NO4S2. The fraction of sp³-hybridized carbons (Fsp3) is 0.615. The minimum atomic E-state index is -3.49. The second-order valence-electron chi connectivity index (χ2n) is 5.25. The Bertz CT molecular complexity index is 606. The summed E-state index contributed by atoms with van der Waals surface area (Å²) < 4.78 is 26.7. The maximum absolute atomic E-state index is 12.6. The molecule has 2 heterocycles. The highest BCUT2D eigenvalue weighted by Crippen LogP contribution is 2.30. The van der Waals surface area contributed by atoms with Crippen molar-refractivity contribution in [2.24, 2.45) is 5.92 Å². The number of piperidine rings is 1. The molecule has 1 aromatic rings. The van der Waals surface area contributed by atoms with Gasteiger partial charge in [-0.1, -0.05) is 0 Å². The first-order chi connectivity index (χ1) is 9.30. The first kappa shape index (κ1) is 15.5. The lowest BCUT2D eigenvalue weighted by Crippen LogP contribution is -2.40. The average Bonchev–Trinajstić information content (AvgIpc) is 2.68. The number of rotatable bonds is 4. The van der Waals surface area contributed by atoms with Gasteiger partial charge in [0, 0.05) is 29.3 Å². The van der Waals surface area contributed by atoms with Crippen LogP contribution in [0.3, 0.4) is 0 Å². The largest absolute Gasteiger partial charge is 0.481 e. The third-order valence-electron chi connectivity index (χ3n) is 3.56. The molecule has 1 unspecified atom stereocenters. The number of nitrogens with zero attached hydrogens (tertiary/aromatic N) is 1. The quantitative estimate of drug-likeness (QED) is 0.924. The van der Waals surface area contributed by atoms with Gasteiger partial charge in [0.2, 0.25) is 10.0 Å². The van der Waals surface area contributed by atoms with Crippen LogP contribution in [0, 0.1) is 19.8 Å².